The van der Waals surface area contributed by atoms with Crippen molar-refractivity contribution in [3.05, 3.63) is 82.5 Å². The summed E-state index contributed by atoms with van der Waals surface area (Å²) in [6.45, 7) is 4.57. The Balaban J connectivity index is 1.37. The minimum absolute atomic E-state index is 0.161. The summed E-state index contributed by atoms with van der Waals surface area (Å²) in [5.41, 5.74) is 0.991. The third-order valence-corrected chi connectivity index (χ3v) is 8.49. The number of hydrogen-bond donors (Lipinski definition) is 0. The van der Waals surface area contributed by atoms with E-state index in [9.17, 15) is 13.6 Å². The van der Waals surface area contributed by atoms with E-state index in [0.717, 1.165) is 35.5 Å². The number of carbonyl (C=O) groups is 1. The van der Waals surface area contributed by atoms with Crippen LogP contribution in [0.4, 0.5) is 8.78 Å². The van der Waals surface area contributed by atoms with Crippen LogP contribution in [0.15, 0.2) is 60.7 Å². The van der Waals surface area contributed by atoms with Crippen LogP contribution in [0.2, 0.25) is 0 Å². The monoisotopic (exact) mass is 667 g/mol. The molecule has 1 aliphatic rings. The zero-order valence-corrected chi connectivity index (χ0v) is 24.5. The van der Waals surface area contributed by atoms with E-state index in [1.807, 2.05) is 30.3 Å². The van der Waals surface area contributed by atoms with Gasteiger partial charge in [0, 0.05) is 41.2 Å². The van der Waals surface area contributed by atoms with Gasteiger partial charge in [-0.1, -0.05) is 0 Å². The highest BCUT2D eigenvalue weighted by Crippen LogP contribution is 2.44. The first-order chi connectivity index (χ1) is 18.4. The van der Waals surface area contributed by atoms with E-state index in [1.165, 1.54) is 29.5 Å². The Bertz CT molecular complexity index is 1440. The molecule has 1 aromatic heterocycles. The van der Waals surface area contributed by atoms with E-state index in [1.54, 1.807) is 19.1 Å². The molecule has 1 saturated heterocycles. The standard InChI is InChI=1S/C28H25F2INO4PS/c1-17-12-19(30)2-8-23(17)26(33)28-27(24-9-7-22(36-37-31)13-25(24)38-28)35-21-5-3-20(4-6-21)34-11-10-32-15-18(14-29)16-32/h2-9,12-13,18,37H,10-11,14-16H2,1H3. The van der Waals surface area contributed by atoms with Gasteiger partial charge < -0.3 is 14.0 Å². The summed E-state index contributed by atoms with van der Waals surface area (Å²) in [6, 6.07) is 17.1. The highest BCUT2D eigenvalue weighted by molar-refractivity contribution is 14.2. The highest BCUT2D eigenvalue weighted by atomic mass is 127. The van der Waals surface area contributed by atoms with Gasteiger partial charge in [-0.25, -0.2) is 4.39 Å². The van der Waals surface area contributed by atoms with Crippen molar-refractivity contribution < 1.29 is 27.6 Å². The molecule has 1 fully saturated rings. The van der Waals surface area contributed by atoms with Gasteiger partial charge in [-0.2, -0.15) is 0 Å². The lowest BCUT2D eigenvalue weighted by molar-refractivity contribution is 0.0668. The van der Waals surface area contributed by atoms with Crippen molar-refractivity contribution in [1.29, 1.82) is 0 Å². The number of nitrogens with zero attached hydrogens (tertiary/aromatic N) is 1. The molecular formula is C28H25F2INO4PS. The molecule has 2 heterocycles. The quantitative estimate of drug-likeness (QED) is 0.0923. The van der Waals surface area contributed by atoms with E-state index >= 15 is 0 Å². The van der Waals surface area contributed by atoms with Crippen LogP contribution in [-0.4, -0.2) is 43.6 Å². The molecule has 0 N–H and O–H groups in total. The van der Waals surface area contributed by atoms with E-state index in [0.29, 0.717) is 39.9 Å². The van der Waals surface area contributed by atoms with E-state index in [-0.39, 0.29) is 30.6 Å². The maximum Gasteiger partial charge on any atom is 0.207 e. The average molecular weight is 667 g/mol. The smallest absolute Gasteiger partial charge is 0.207 e. The molecule has 0 bridgehead atoms. The lowest BCUT2D eigenvalue weighted by atomic mass is 10.0. The largest absolute Gasteiger partial charge is 0.492 e. The van der Waals surface area contributed by atoms with Crippen molar-refractivity contribution >= 4 is 55.7 Å². The van der Waals surface area contributed by atoms with Crippen LogP contribution in [-0.2, 0) is 0 Å². The van der Waals surface area contributed by atoms with Crippen LogP contribution in [0, 0.1) is 18.7 Å². The first kappa shape index (κ1) is 27.2. The second-order valence-electron chi connectivity index (χ2n) is 9.09. The van der Waals surface area contributed by atoms with Crippen molar-refractivity contribution in [3.8, 4) is 23.0 Å². The first-order valence-corrected chi connectivity index (χ1v) is 16.9. The number of ketones is 1. The summed E-state index contributed by atoms with van der Waals surface area (Å²) < 4.78 is 44.9. The van der Waals surface area contributed by atoms with Crippen LogP contribution in [0.5, 0.6) is 23.0 Å². The molecule has 1 aliphatic heterocycles. The number of rotatable bonds is 11. The van der Waals surface area contributed by atoms with E-state index in [4.69, 9.17) is 14.0 Å². The van der Waals surface area contributed by atoms with Gasteiger partial charge in [-0.3, -0.25) is 14.1 Å². The van der Waals surface area contributed by atoms with Crippen molar-refractivity contribution in [3.63, 3.8) is 0 Å². The summed E-state index contributed by atoms with van der Waals surface area (Å²) >= 11 is 3.49. The fourth-order valence-corrected chi connectivity index (χ4v) is 6.48. The first-order valence-electron chi connectivity index (χ1n) is 12.0. The minimum Gasteiger partial charge on any atom is -0.492 e. The Morgan fingerprint density at radius 2 is 1.82 bits per heavy atom. The number of benzene rings is 3. The number of aryl methyl sites for hydroxylation is 1. The van der Waals surface area contributed by atoms with Gasteiger partial charge in [0.15, 0.2) is 5.75 Å². The van der Waals surface area contributed by atoms with Crippen molar-refractivity contribution in [2.24, 2.45) is 5.92 Å². The van der Waals surface area contributed by atoms with Crippen LogP contribution in [0.1, 0.15) is 20.8 Å². The normalized spacial score (nSPS) is 14.2. The van der Waals surface area contributed by atoms with Crippen molar-refractivity contribution in [1.82, 2.24) is 4.90 Å². The van der Waals surface area contributed by atoms with E-state index in [2.05, 4.69) is 26.9 Å². The predicted octanol–water partition coefficient (Wildman–Crippen LogP) is 7.97. The molecule has 1 atom stereocenters. The molecule has 0 spiro atoms. The number of hydrogen-bond acceptors (Lipinski definition) is 6. The number of ether oxygens (including phenoxy) is 2. The second kappa shape index (κ2) is 12.2. The molecule has 38 heavy (non-hydrogen) atoms. The van der Waals surface area contributed by atoms with Gasteiger partial charge >= 0.3 is 0 Å². The molecule has 198 valence electrons. The maximum absolute atomic E-state index is 13.7. The molecule has 0 radical (unpaired) electrons. The summed E-state index contributed by atoms with van der Waals surface area (Å²) in [7, 11) is 0. The molecule has 4 aromatic rings. The molecule has 0 saturated carbocycles. The molecule has 5 rings (SSSR count). The maximum atomic E-state index is 13.7. The fourth-order valence-electron chi connectivity index (χ4n) is 4.39. The molecule has 0 aliphatic carbocycles. The van der Waals surface area contributed by atoms with Gasteiger partial charge in [-0.15, -0.1) is 11.3 Å². The number of carbonyl (C=O) groups excluding carboxylic acids is 1. The summed E-state index contributed by atoms with van der Waals surface area (Å²) in [6.07, 6.45) is 0. The second-order valence-corrected chi connectivity index (χ2v) is 11.8. The average Bonchev–Trinajstić information content (AvgIpc) is 3.23. The molecule has 1 unspecified atom stereocenters. The van der Waals surface area contributed by atoms with Crippen molar-refractivity contribution in [2.75, 3.05) is 32.9 Å². The lowest BCUT2D eigenvalue weighted by Crippen LogP contribution is -2.49. The molecular weight excluding hydrogens is 642 g/mol. The molecule has 3 aromatic carbocycles. The zero-order valence-electron chi connectivity index (χ0n) is 20.5. The third-order valence-electron chi connectivity index (χ3n) is 6.38. The topological polar surface area (TPSA) is 48.0 Å². The number of likely N-dealkylation sites (tertiary alicyclic amines) is 1. The fraction of sp³-hybridized carbons (Fsp3) is 0.250. The van der Waals surface area contributed by atoms with Crippen LogP contribution >= 0.6 is 39.8 Å². The molecule has 5 nitrogen and oxygen atoms in total. The lowest BCUT2D eigenvalue weighted by Gasteiger charge is -2.37. The van der Waals surface area contributed by atoms with Crippen LogP contribution in [0.3, 0.4) is 0 Å². The summed E-state index contributed by atoms with van der Waals surface area (Å²) in [5.74, 6) is 1.99. The summed E-state index contributed by atoms with van der Waals surface area (Å²) in [5, 5.41) is 0.795. The third kappa shape index (κ3) is 6.11. The van der Waals surface area contributed by atoms with Gasteiger partial charge in [0.1, 0.15) is 41.0 Å². The number of alkyl halides is 1. The number of halogens is 3. The Kier molecular flexibility index (Phi) is 8.77. The zero-order chi connectivity index (χ0) is 26.6. The van der Waals surface area contributed by atoms with Gasteiger partial charge in [-0.05, 0) is 95.2 Å². The Hall–Kier alpha value is -2.33. The molecule has 0 amide bonds. The Labute approximate surface area is 238 Å². The highest BCUT2D eigenvalue weighted by Gasteiger charge is 2.26. The summed E-state index contributed by atoms with van der Waals surface area (Å²) in [4.78, 5) is 16.2. The van der Waals surface area contributed by atoms with E-state index < -0.39 is 0 Å². The van der Waals surface area contributed by atoms with Gasteiger partial charge in [0.2, 0.25) is 5.78 Å². The molecule has 10 heteroatoms. The Morgan fingerprint density at radius 1 is 1.08 bits per heavy atom. The van der Waals surface area contributed by atoms with Gasteiger partial charge in [0.25, 0.3) is 0 Å². The number of thiophene rings is 1. The number of fused-ring (bicyclic) bond motifs is 1. The predicted molar refractivity (Wildman–Crippen MR) is 157 cm³/mol. The Morgan fingerprint density at radius 3 is 2.53 bits per heavy atom. The van der Waals surface area contributed by atoms with Crippen LogP contribution < -0.4 is 14.0 Å². The van der Waals surface area contributed by atoms with Crippen molar-refractivity contribution in [2.45, 2.75) is 6.92 Å². The minimum atomic E-state index is -0.385. The van der Waals surface area contributed by atoms with Crippen LogP contribution in [0.25, 0.3) is 10.1 Å². The SMILES string of the molecule is Cc1cc(F)ccc1C(=O)c1sc2cc(OPI)ccc2c1Oc1ccc(OCCN2CC(CF)C2)cc1. The van der Waals surface area contributed by atoms with Gasteiger partial charge in [0.05, 0.1) is 6.67 Å².